The molecule has 0 spiro atoms. The summed E-state index contributed by atoms with van der Waals surface area (Å²) in [6.45, 7) is 0. The Morgan fingerprint density at radius 2 is 2.27 bits per heavy atom. The first kappa shape index (κ1) is 10.4. The van der Waals surface area contributed by atoms with Crippen LogP contribution in [0.25, 0.3) is 4.96 Å². The zero-order valence-corrected chi connectivity index (χ0v) is 8.22. The van der Waals surface area contributed by atoms with Crippen molar-refractivity contribution >= 4 is 16.3 Å². The van der Waals surface area contributed by atoms with E-state index in [1.54, 1.807) is 16.0 Å². The van der Waals surface area contributed by atoms with Gasteiger partial charge in [-0.25, -0.2) is 4.98 Å². The normalized spacial score (nSPS) is 14.7. The van der Waals surface area contributed by atoms with Crippen molar-refractivity contribution in [1.82, 2.24) is 9.38 Å². The van der Waals surface area contributed by atoms with Crippen LogP contribution in [0.3, 0.4) is 0 Å². The number of rotatable bonds is 2. The van der Waals surface area contributed by atoms with Crippen LogP contribution in [0.5, 0.6) is 0 Å². The van der Waals surface area contributed by atoms with Gasteiger partial charge in [-0.1, -0.05) is 0 Å². The topological polar surface area (TPSA) is 37.5 Å². The van der Waals surface area contributed by atoms with Gasteiger partial charge < -0.3 is 5.11 Å². The number of fused-ring (bicyclic) bond motifs is 1. The predicted molar refractivity (Wildman–Crippen MR) is 48.8 cm³/mol. The second-order valence-corrected chi connectivity index (χ2v) is 3.96. The maximum Gasteiger partial charge on any atom is 0.414 e. The molecular weight excluding hydrogens is 229 g/mol. The summed E-state index contributed by atoms with van der Waals surface area (Å²) in [6.07, 6.45) is -4.24. The van der Waals surface area contributed by atoms with Crippen LogP contribution in [-0.2, 0) is 6.42 Å². The highest BCUT2D eigenvalue weighted by Crippen LogP contribution is 2.23. The fourth-order valence-corrected chi connectivity index (χ4v) is 1.91. The lowest BCUT2D eigenvalue weighted by Crippen LogP contribution is -2.30. The SMILES string of the molecule is OC(Cc1cn2ccsc2n1)C(F)(F)F. The average Bonchev–Trinajstić information content (AvgIpc) is 2.61. The number of hydrogen-bond acceptors (Lipinski definition) is 3. The van der Waals surface area contributed by atoms with Crippen LogP contribution in [0.4, 0.5) is 13.2 Å². The highest BCUT2D eigenvalue weighted by atomic mass is 32.1. The molecule has 1 N–H and O–H groups in total. The van der Waals surface area contributed by atoms with E-state index in [1.807, 2.05) is 0 Å². The number of aliphatic hydroxyl groups is 1. The Morgan fingerprint density at radius 3 is 2.87 bits per heavy atom. The van der Waals surface area contributed by atoms with E-state index >= 15 is 0 Å². The van der Waals surface area contributed by atoms with Crippen molar-refractivity contribution in [2.24, 2.45) is 0 Å². The summed E-state index contributed by atoms with van der Waals surface area (Å²) >= 11 is 1.33. The van der Waals surface area contributed by atoms with Crippen molar-refractivity contribution in [2.75, 3.05) is 0 Å². The van der Waals surface area contributed by atoms with Gasteiger partial charge >= 0.3 is 6.18 Å². The van der Waals surface area contributed by atoms with Crippen molar-refractivity contribution < 1.29 is 18.3 Å². The Kier molecular flexibility index (Phi) is 2.43. The number of hydrogen-bond donors (Lipinski definition) is 1. The molecule has 15 heavy (non-hydrogen) atoms. The van der Waals surface area contributed by atoms with Gasteiger partial charge in [0.05, 0.1) is 5.69 Å². The van der Waals surface area contributed by atoms with Gasteiger partial charge in [0.2, 0.25) is 0 Å². The summed E-state index contributed by atoms with van der Waals surface area (Å²) in [5.74, 6) is 0. The maximum atomic E-state index is 12.0. The number of aromatic nitrogens is 2. The number of aliphatic hydroxyl groups excluding tert-OH is 1. The molecule has 0 saturated heterocycles. The summed E-state index contributed by atoms with van der Waals surface area (Å²) < 4.78 is 37.7. The Balaban J connectivity index is 2.16. The van der Waals surface area contributed by atoms with E-state index in [0.29, 0.717) is 4.96 Å². The van der Waals surface area contributed by atoms with Crippen LogP contribution < -0.4 is 0 Å². The molecule has 0 fully saturated rings. The molecule has 0 aliphatic rings. The first-order chi connectivity index (χ1) is 6.97. The number of nitrogens with zero attached hydrogens (tertiary/aromatic N) is 2. The first-order valence-corrected chi connectivity index (χ1v) is 5.00. The van der Waals surface area contributed by atoms with E-state index < -0.39 is 18.7 Å². The molecule has 2 aromatic rings. The highest BCUT2D eigenvalue weighted by molar-refractivity contribution is 7.15. The van der Waals surface area contributed by atoms with E-state index in [2.05, 4.69) is 4.98 Å². The number of thiazole rings is 1. The molecule has 1 unspecified atom stereocenters. The summed E-state index contributed by atoms with van der Waals surface area (Å²) in [6, 6.07) is 0. The standard InChI is InChI=1S/C8H7F3N2OS/c9-8(10,11)6(14)3-5-4-13-1-2-15-7(13)12-5/h1-2,4,6,14H,3H2. The monoisotopic (exact) mass is 236 g/mol. The second-order valence-electron chi connectivity index (χ2n) is 3.09. The fourth-order valence-electron chi connectivity index (χ4n) is 1.19. The van der Waals surface area contributed by atoms with Crippen LogP contribution >= 0.6 is 11.3 Å². The van der Waals surface area contributed by atoms with E-state index in [-0.39, 0.29) is 5.69 Å². The van der Waals surface area contributed by atoms with Gasteiger partial charge in [0, 0.05) is 24.2 Å². The van der Waals surface area contributed by atoms with Crippen molar-refractivity contribution in [3.8, 4) is 0 Å². The average molecular weight is 236 g/mol. The van der Waals surface area contributed by atoms with E-state index in [4.69, 9.17) is 5.11 Å². The van der Waals surface area contributed by atoms with Crippen molar-refractivity contribution in [1.29, 1.82) is 0 Å². The van der Waals surface area contributed by atoms with Gasteiger partial charge in [-0.2, -0.15) is 13.2 Å². The zero-order valence-electron chi connectivity index (χ0n) is 7.40. The fraction of sp³-hybridized carbons (Fsp3) is 0.375. The summed E-state index contributed by atoms with van der Waals surface area (Å²) in [5, 5.41) is 10.6. The van der Waals surface area contributed by atoms with E-state index in [0.717, 1.165) is 0 Å². The molecule has 0 amide bonds. The highest BCUT2D eigenvalue weighted by Gasteiger charge is 2.38. The number of halogens is 3. The lowest BCUT2D eigenvalue weighted by atomic mass is 10.2. The Bertz CT molecular complexity index is 433. The van der Waals surface area contributed by atoms with Crippen molar-refractivity contribution in [3.63, 3.8) is 0 Å². The van der Waals surface area contributed by atoms with Gasteiger partial charge in [-0.3, -0.25) is 4.40 Å². The van der Waals surface area contributed by atoms with Gasteiger partial charge in [-0.05, 0) is 0 Å². The molecule has 2 rings (SSSR count). The molecule has 3 nitrogen and oxygen atoms in total. The minimum absolute atomic E-state index is 0.242. The van der Waals surface area contributed by atoms with Gasteiger partial charge in [0.15, 0.2) is 11.1 Å². The molecule has 82 valence electrons. The van der Waals surface area contributed by atoms with E-state index in [1.165, 1.54) is 17.5 Å². The first-order valence-electron chi connectivity index (χ1n) is 4.12. The third-order valence-corrected chi connectivity index (χ3v) is 2.69. The van der Waals surface area contributed by atoms with Crippen LogP contribution in [0.15, 0.2) is 17.8 Å². The largest absolute Gasteiger partial charge is 0.414 e. The molecule has 7 heteroatoms. The van der Waals surface area contributed by atoms with Crippen molar-refractivity contribution in [3.05, 3.63) is 23.5 Å². The minimum atomic E-state index is -4.59. The van der Waals surface area contributed by atoms with Crippen LogP contribution in [-0.4, -0.2) is 26.8 Å². The molecular formula is C8H7F3N2OS. The third kappa shape index (κ3) is 2.13. The Morgan fingerprint density at radius 1 is 1.53 bits per heavy atom. The van der Waals surface area contributed by atoms with E-state index in [9.17, 15) is 13.2 Å². The molecule has 0 saturated carbocycles. The Labute approximate surface area is 86.8 Å². The molecule has 0 radical (unpaired) electrons. The van der Waals surface area contributed by atoms with Gasteiger partial charge in [0.25, 0.3) is 0 Å². The smallest absolute Gasteiger partial charge is 0.383 e. The zero-order chi connectivity index (χ0) is 11.1. The molecule has 2 aromatic heterocycles. The molecule has 0 aliphatic heterocycles. The quantitative estimate of drug-likeness (QED) is 0.864. The second kappa shape index (κ2) is 3.49. The van der Waals surface area contributed by atoms with Crippen LogP contribution in [0.1, 0.15) is 5.69 Å². The Hall–Kier alpha value is -1.08. The molecule has 2 heterocycles. The molecule has 0 aliphatic carbocycles. The molecule has 0 bridgehead atoms. The van der Waals surface area contributed by atoms with Crippen LogP contribution in [0.2, 0.25) is 0 Å². The lowest BCUT2D eigenvalue weighted by Gasteiger charge is -2.12. The number of imidazole rings is 1. The maximum absolute atomic E-state index is 12.0. The summed E-state index contributed by atoms with van der Waals surface area (Å²) in [4.78, 5) is 4.57. The van der Waals surface area contributed by atoms with Crippen LogP contribution in [0, 0.1) is 0 Å². The van der Waals surface area contributed by atoms with Gasteiger partial charge in [0.1, 0.15) is 0 Å². The number of alkyl halides is 3. The molecule has 1 atom stereocenters. The van der Waals surface area contributed by atoms with Gasteiger partial charge in [-0.15, -0.1) is 11.3 Å². The summed E-state index contributed by atoms with van der Waals surface area (Å²) in [7, 11) is 0. The minimum Gasteiger partial charge on any atom is -0.383 e. The third-order valence-electron chi connectivity index (χ3n) is 1.92. The van der Waals surface area contributed by atoms with Crippen molar-refractivity contribution in [2.45, 2.75) is 18.7 Å². The summed E-state index contributed by atoms with van der Waals surface area (Å²) in [5.41, 5.74) is 0.242. The lowest BCUT2D eigenvalue weighted by molar-refractivity contribution is -0.203. The molecule has 0 aromatic carbocycles. The predicted octanol–water partition coefficient (Wildman–Crippen LogP) is 1.86.